The minimum absolute atomic E-state index is 0.346. The monoisotopic (exact) mass is 609 g/mol. The second-order valence-corrected chi connectivity index (χ2v) is 29.0. The molecule has 5 aliphatic carbocycles. The van der Waals surface area contributed by atoms with E-state index < -0.39 is 16.1 Å². The first-order valence-electron chi connectivity index (χ1n) is 16.4. The predicted molar refractivity (Wildman–Crippen MR) is 181 cm³/mol. The second kappa shape index (κ2) is 11.8. The summed E-state index contributed by atoms with van der Waals surface area (Å²) in [7, 11) is -0.346. The standard InChI is InChI=1S/C12H10.C11H18N.C9H13.C6H7Si.CH3.Ti/c1-3-7-11(8-4-1)12-9-5-2-6-10-12;1-10-3-8-2-9(4-10)6-11(12,5-8)7-10;1-6-5-7(2)9(4)8(6)3;7-6-4-2-1-3-5-6;;/h1-10H;8-9,12H,2-7H2,1H3;6H,1-4H3;1-5H,7H2;1H3;/q;-1;;;;+1. The van der Waals surface area contributed by atoms with Gasteiger partial charge in [-0.2, -0.15) is 0 Å². The molecule has 3 aromatic rings. The maximum atomic E-state index is 4.72. The van der Waals surface area contributed by atoms with Crippen LogP contribution in [0.25, 0.3) is 11.1 Å². The number of nitrogens with one attached hydrogen (secondary N) is 1. The molecule has 4 saturated carbocycles. The van der Waals surface area contributed by atoms with E-state index in [1.807, 2.05) is 16.0 Å². The normalized spacial score (nSPS) is 31.4. The Hall–Kier alpha value is -1.97. The molecule has 4 unspecified atom stereocenters. The molecule has 0 spiro atoms. The molecular weight excluding hydrogens is 558 g/mol. The Balaban J connectivity index is 0.000000219. The summed E-state index contributed by atoms with van der Waals surface area (Å²) < 4.78 is 6.62. The van der Waals surface area contributed by atoms with Crippen LogP contribution in [0.4, 0.5) is 0 Å². The molecule has 3 heteroatoms. The number of rotatable bonds is 6. The van der Waals surface area contributed by atoms with Crippen molar-refractivity contribution in [2.24, 2.45) is 23.2 Å². The van der Waals surface area contributed by atoms with Crippen molar-refractivity contribution in [2.75, 3.05) is 0 Å². The van der Waals surface area contributed by atoms with Gasteiger partial charge in [0, 0.05) is 0 Å². The van der Waals surface area contributed by atoms with Crippen LogP contribution in [0.5, 0.6) is 0 Å². The largest absolute Gasteiger partial charge is 0.0622 e. The molecule has 0 aliphatic heterocycles. The third-order valence-corrected chi connectivity index (χ3v) is 25.3. The van der Waals surface area contributed by atoms with Crippen LogP contribution in [-0.4, -0.2) is 12.9 Å². The van der Waals surface area contributed by atoms with Gasteiger partial charge in [0.25, 0.3) is 0 Å². The first-order valence-corrected chi connectivity index (χ1v) is 24.3. The van der Waals surface area contributed by atoms with Gasteiger partial charge in [-0.1, -0.05) is 60.7 Å². The van der Waals surface area contributed by atoms with Crippen LogP contribution >= 0.6 is 0 Å². The molecule has 220 valence electrons. The van der Waals surface area contributed by atoms with E-state index in [1.165, 1.54) is 49.7 Å². The van der Waals surface area contributed by atoms with Crippen molar-refractivity contribution in [1.29, 1.82) is 0 Å². The van der Waals surface area contributed by atoms with Gasteiger partial charge in [0.05, 0.1) is 0 Å². The molecule has 0 radical (unpaired) electrons. The topological polar surface area (TPSA) is 12.0 Å². The third kappa shape index (κ3) is 6.03. The maximum absolute atomic E-state index is 4.72. The minimum Gasteiger partial charge on any atom is -0.0622 e. The van der Waals surface area contributed by atoms with Gasteiger partial charge < -0.3 is 0 Å². The molecule has 1 N–H and O–H groups in total. The maximum Gasteiger partial charge on any atom is -0.0184 e. The van der Waals surface area contributed by atoms with Gasteiger partial charge in [-0.3, -0.25) is 0 Å². The predicted octanol–water partition coefficient (Wildman–Crippen LogP) is 9.07. The zero-order valence-corrected chi connectivity index (χ0v) is 29.8. The Morgan fingerprint density at radius 3 is 1.67 bits per heavy atom. The number of allylic oxidation sites excluding steroid dienone is 4. The van der Waals surface area contributed by atoms with Gasteiger partial charge in [-0.25, -0.2) is 0 Å². The Kier molecular flexibility index (Phi) is 8.48. The minimum atomic E-state index is -2.42. The average Bonchev–Trinajstić information content (AvgIpc) is 3.15. The van der Waals surface area contributed by atoms with Crippen LogP contribution in [0, 0.1) is 23.2 Å². The summed E-state index contributed by atoms with van der Waals surface area (Å²) in [5.41, 5.74) is 8.51. The molecule has 3 aromatic carbocycles. The third-order valence-electron chi connectivity index (χ3n) is 11.4. The van der Waals surface area contributed by atoms with Crippen molar-refractivity contribution in [1.82, 2.24) is 3.80 Å². The summed E-state index contributed by atoms with van der Waals surface area (Å²) >= 11 is -2.42. The van der Waals surface area contributed by atoms with E-state index in [4.69, 9.17) is 3.80 Å². The summed E-state index contributed by atoms with van der Waals surface area (Å²) in [6, 6.07) is 32.4. The van der Waals surface area contributed by atoms with E-state index in [-0.39, 0.29) is 7.39 Å². The zero-order valence-electron chi connectivity index (χ0n) is 26.8. The summed E-state index contributed by atoms with van der Waals surface area (Å²) in [6.45, 7) is 12.4. The summed E-state index contributed by atoms with van der Waals surface area (Å²) in [6.07, 6.45) is 8.92. The van der Waals surface area contributed by atoms with E-state index >= 15 is 0 Å². The van der Waals surface area contributed by atoms with E-state index in [9.17, 15) is 0 Å². The molecule has 1 nitrogen and oxygen atoms in total. The van der Waals surface area contributed by atoms with Gasteiger partial charge in [-0.15, -0.1) is 0 Å². The smallest absolute Gasteiger partial charge is 0.0184 e. The number of hydrogen-bond acceptors (Lipinski definition) is 1. The average molecular weight is 610 g/mol. The van der Waals surface area contributed by atoms with Crippen molar-refractivity contribution in [3.63, 3.8) is 0 Å². The first kappa shape index (κ1) is 30.1. The van der Waals surface area contributed by atoms with Crippen molar-refractivity contribution in [2.45, 2.75) is 83.9 Å². The SMILES string of the molecule is CC1=C(C)C(C)[C]([Ti]([CH3])([NH]C23CC4CC(CC(C)(C4)C2)C3)[SiH2]c2ccccc2)=C1C.c1ccc(-c2ccccc2)cc1. The summed E-state index contributed by atoms with van der Waals surface area (Å²) in [5, 5.41) is 4.46. The van der Waals surface area contributed by atoms with Crippen LogP contribution in [0.3, 0.4) is 0 Å². The first-order chi connectivity index (χ1) is 20.1. The Morgan fingerprint density at radius 1 is 0.714 bits per heavy atom. The molecule has 0 heterocycles. The van der Waals surface area contributed by atoms with Crippen molar-refractivity contribution in [3.8, 4) is 11.1 Å². The van der Waals surface area contributed by atoms with E-state index in [0.717, 1.165) is 11.8 Å². The zero-order chi connectivity index (χ0) is 29.5. The van der Waals surface area contributed by atoms with Gasteiger partial charge in [0.2, 0.25) is 0 Å². The molecule has 0 aromatic heterocycles. The van der Waals surface area contributed by atoms with Gasteiger partial charge in [-0.05, 0) is 11.1 Å². The molecule has 4 bridgehead atoms. The van der Waals surface area contributed by atoms with Crippen LogP contribution in [0.1, 0.15) is 73.1 Å². The second-order valence-electron chi connectivity index (χ2n) is 15.0. The summed E-state index contributed by atoms with van der Waals surface area (Å²) in [4.78, 5) is 0. The van der Waals surface area contributed by atoms with Crippen molar-refractivity contribution in [3.05, 3.63) is 112 Å². The molecule has 5 aliphatic rings. The fourth-order valence-corrected chi connectivity index (χ4v) is 27.8. The molecular formula is C39H51NSiTi. The van der Waals surface area contributed by atoms with Crippen molar-refractivity contribution < 1.29 is 16.1 Å². The molecule has 4 atom stereocenters. The Morgan fingerprint density at radius 2 is 1.21 bits per heavy atom. The van der Waals surface area contributed by atoms with Crippen LogP contribution < -0.4 is 8.99 Å². The molecule has 4 fully saturated rings. The number of benzene rings is 3. The fourth-order valence-electron chi connectivity index (χ4n) is 10.2. The van der Waals surface area contributed by atoms with Crippen LogP contribution in [0.15, 0.2) is 112 Å². The Labute approximate surface area is 261 Å². The molecule has 0 amide bonds. The van der Waals surface area contributed by atoms with E-state index in [0.29, 0.717) is 16.9 Å². The summed E-state index contributed by atoms with van der Waals surface area (Å²) in [5.74, 6) is 2.64. The Bertz CT molecular complexity index is 1410. The van der Waals surface area contributed by atoms with Crippen molar-refractivity contribution >= 4 is 12.6 Å². The molecule has 8 rings (SSSR count). The van der Waals surface area contributed by atoms with Crippen LogP contribution in [-0.2, 0) is 16.1 Å². The van der Waals surface area contributed by atoms with Gasteiger partial charge in [0.15, 0.2) is 0 Å². The van der Waals surface area contributed by atoms with Crippen LogP contribution in [0.2, 0.25) is 5.23 Å². The van der Waals surface area contributed by atoms with E-state index in [2.05, 4.69) is 119 Å². The molecule has 42 heavy (non-hydrogen) atoms. The van der Waals surface area contributed by atoms with Gasteiger partial charge in [0.1, 0.15) is 0 Å². The van der Waals surface area contributed by atoms with E-state index in [1.54, 1.807) is 21.9 Å². The molecule has 0 saturated heterocycles. The van der Waals surface area contributed by atoms with Gasteiger partial charge >= 0.3 is 190 Å². The fraction of sp³-hybridized carbons (Fsp3) is 0.436. The quantitative estimate of drug-likeness (QED) is 0.275. The number of hydrogen-bond donors (Lipinski definition) is 1.